The van der Waals surface area contributed by atoms with Crippen LogP contribution < -0.4 is 16.8 Å². The van der Waals surface area contributed by atoms with Crippen LogP contribution in [0.1, 0.15) is 19.8 Å². The lowest BCUT2D eigenvalue weighted by Gasteiger charge is -2.16. The molecule has 0 saturated heterocycles. The molecule has 2 amide bonds. The van der Waals surface area contributed by atoms with Gasteiger partial charge in [0.15, 0.2) is 0 Å². The molecular weight excluding hydrogens is 214 g/mol. The van der Waals surface area contributed by atoms with Gasteiger partial charge in [0, 0.05) is 6.04 Å². The van der Waals surface area contributed by atoms with Gasteiger partial charge in [-0.1, -0.05) is 0 Å². The number of amides is 2. The zero-order valence-corrected chi connectivity index (χ0v) is 9.97. The van der Waals surface area contributed by atoms with Gasteiger partial charge in [-0.15, -0.1) is 0 Å². The lowest BCUT2D eigenvalue weighted by molar-refractivity contribution is -0.126. The molecule has 15 heavy (non-hydrogen) atoms. The molecule has 0 radical (unpaired) electrons. The highest BCUT2D eigenvalue weighted by Crippen LogP contribution is 2.00. The Hall–Kier alpha value is -0.750. The topological polar surface area (TPSA) is 98.2 Å². The molecule has 0 bridgehead atoms. The summed E-state index contributed by atoms with van der Waals surface area (Å²) in [7, 11) is 0. The number of carbonyl (C=O) groups is 2. The first-order valence-electron chi connectivity index (χ1n) is 4.80. The van der Waals surface area contributed by atoms with E-state index < -0.39 is 11.9 Å². The van der Waals surface area contributed by atoms with Crippen LogP contribution in [-0.4, -0.2) is 35.9 Å². The molecule has 0 aliphatic carbocycles. The highest BCUT2D eigenvalue weighted by Gasteiger charge is 2.17. The summed E-state index contributed by atoms with van der Waals surface area (Å²) in [6.45, 7) is 1.91. The van der Waals surface area contributed by atoms with E-state index >= 15 is 0 Å². The third-order valence-electron chi connectivity index (χ3n) is 1.90. The third-order valence-corrected chi connectivity index (χ3v) is 2.55. The second kappa shape index (κ2) is 7.53. The van der Waals surface area contributed by atoms with E-state index in [-0.39, 0.29) is 18.4 Å². The van der Waals surface area contributed by atoms with Crippen molar-refractivity contribution in [3.63, 3.8) is 0 Å². The predicted octanol–water partition coefficient (Wildman–Crippen LogP) is -0.553. The van der Waals surface area contributed by atoms with Crippen molar-refractivity contribution in [2.45, 2.75) is 31.8 Å². The van der Waals surface area contributed by atoms with Crippen LogP contribution in [0.3, 0.4) is 0 Å². The number of rotatable bonds is 7. The molecule has 2 atom stereocenters. The molecule has 0 fully saturated rings. The van der Waals surface area contributed by atoms with E-state index in [9.17, 15) is 9.59 Å². The third kappa shape index (κ3) is 7.21. The summed E-state index contributed by atoms with van der Waals surface area (Å²) in [5.74, 6) is 0.101. The molecule has 5 N–H and O–H groups in total. The number of primary amides is 1. The lowest BCUT2D eigenvalue weighted by atomic mass is 10.1. The molecule has 88 valence electrons. The van der Waals surface area contributed by atoms with E-state index in [2.05, 4.69) is 5.32 Å². The SMILES string of the molecule is CSCCC(C)NC(=O)C(N)CC(N)=O. The van der Waals surface area contributed by atoms with Crippen LogP contribution in [0.4, 0.5) is 0 Å². The molecule has 0 saturated carbocycles. The zero-order chi connectivity index (χ0) is 11.8. The van der Waals surface area contributed by atoms with Crippen molar-refractivity contribution in [2.75, 3.05) is 12.0 Å². The van der Waals surface area contributed by atoms with Crippen molar-refractivity contribution in [3.05, 3.63) is 0 Å². The maximum Gasteiger partial charge on any atom is 0.237 e. The van der Waals surface area contributed by atoms with Gasteiger partial charge < -0.3 is 16.8 Å². The maximum atomic E-state index is 11.4. The fraction of sp³-hybridized carbons (Fsp3) is 0.778. The van der Waals surface area contributed by atoms with Crippen molar-refractivity contribution in [3.8, 4) is 0 Å². The monoisotopic (exact) mass is 233 g/mol. The Bertz CT molecular complexity index is 223. The molecule has 0 rings (SSSR count). The minimum atomic E-state index is -0.834. The quantitative estimate of drug-likeness (QED) is 0.549. The minimum Gasteiger partial charge on any atom is -0.370 e. The second-order valence-electron chi connectivity index (χ2n) is 3.47. The van der Waals surface area contributed by atoms with E-state index in [1.165, 1.54) is 0 Å². The molecule has 0 aromatic heterocycles. The number of hydrogen-bond donors (Lipinski definition) is 3. The van der Waals surface area contributed by atoms with Crippen molar-refractivity contribution in [1.82, 2.24) is 5.32 Å². The molecule has 0 aliphatic rings. The van der Waals surface area contributed by atoms with E-state index in [1.807, 2.05) is 13.2 Å². The second-order valence-corrected chi connectivity index (χ2v) is 4.45. The van der Waals surface area contributed by atoms with Gasteiger partial charge in [-0.25, -0.2) is 0 Å². The van der Waals surface area contributed by atoms with Crippen molar-refractivity contribution >= 4 is 23.6 Å². The lowest BCUT2D eigenvalue weighted by Crippen LogP contribution is -2.46. The van der Waals surface area contributed by atoms with Gasteiger partial charge in [-0.3, -0.25) is 9.59 Å². The minimum absolute atomic E-state index is 0.0730. The van der Waals surface area contributed by atoms with Gasteiger partial charge in [-0.05, 0) is 25.4 Å². The van der Waals surface area contributed by atoms with Crippen LogP contribution in [-0.2, 0) is 9.59 Å². The van der Waals surface area contributed by atoms with E-state index in [1.54, 1.807) is 11.8 Å². The summed E-state index contributed by atoms with van der Waals surface area (Å²) in [6.07, 6.45) is 2.78. The summed E-state index contributed by atoms with van der Waals surface area (Å²) in [5, 5.41) is 2.73. The average molecular weight is 233 g/mol. The van der Waals surface area contributed by atoms with Crippen molar-refractivity contribution in [1.29, 1.82) is 0 Å². The number of hydrogen-bond acceptors (Lipinski definition) is 4. The molecule has 0 aromatic carbocycles. The van der Waals surface area contributed by atoms with Gasteiger partial charge in [0.25, 0.3) is 0 Å². The van der Waals surface area contributed by atoms with Crippen molar-refractivity contribution in [2.24, 2.45) is 11.5 Å². The van der Waals surface area contributed by atoms with Gasteiger partial charge in [0.1, 0.15) is 0 Å². The van der Waals surface area contributed by atoms with E-state index in [0.717, 1.165) is 12.2 Å². The Morgan fingerprint density at radius 3 is 2.53 bits per heavy atom. The van der Waals surface area contributed by atoms with Gasteiger partial charge >= 0.3 is 0 Å². The highest BCUT2D eigenvalue weighted by molar-refractivity contribution is 7.98. The Kier molecular flexibility index (Phi) is 7.15. The molecule has 0 aliphatic heterocycles. The Morgan fingerprint density at radius 1 is 1.47 bits per heavy atom. The summed E-state index contributed by atoms with van der Waals surface area (Å²) in [5.41, 5.74) is 10.4. The normalized spacial score (nSPS) is 14.3. The van der Waals surface area contributed by atoms with E-state index in [0.29, 0.717) is 0 Å². The Morgan fingerprint density at radius 2 is 2.07 bits per heavy atom. The smallest absolute Gasteiger partial charge is 0.237 e. The summed E-state index contributed by atoms with van der Waals surface area (Å²) >= 11 is 1.72. The molecule has 2 unspecified atom stereocenters. The maximum absolute atomic E-state index is 11.4. The van der Waals surface area contributed by atoms with Gasteiger partial charge in [0.2, 0.25) is 11.8 Å². The molecule has 0 heterocycles. The summed E-state index contributed by atoms with van der Waals surface area (Å²) < 4.78 is 0. The summed E-state index contributed by atoms with van der Waals surface area (Å²) in [4.78, 5) is 21.9. The molecule has 0 aromatic rings. The number of nitrogens with one attached hydrogen (secondary N) is 1. The van der Waals surface area contributed by atoms with Crippen LogP contribution in [0.2, 0.25) is 0 Å². The molecule has 5 nitrogen and oxygen atoms in total. The fourth-order valence-electron chi connectivity index (χ4n) is 1.03. The fourth-order valence-corrected chi connectivity index (χ4v) is 1.62. The van der Waals surface area contributed by atoms with Crippen LogP contribution in [0.5, 0.6) is 0 Å². The van der Waals surface area contributed by atoms with Crippen molar-refractivity contribution < 1.29 is 9.59 Å². The Balaban J connectivity index is 3.85. The van der Waals surface area contributed by atoms with Crippen LogP contribution in [0.15, 0.2) is 0 Å². The largest absolute Gasteiger partial charge is 0.370 e. The molecule has 0 spiro atoms. The first-order valence-corrected chi connectivity index (χ1v) is 6.20. The first kappa shape index (κ1) is 14.2. The summed E-state index contributed by atoms with van der Waals surface area (Å²) in [6, 6.07) is -0.761. The first-order chi connectivity index (χ1) is 6.97. The number of carbonyl (C=O) groups excluding carboxylic acids is 2. The zero-order valence-electron chi connectivity index (χ0n) is 9.16. The predicted molar refractivity (Wildman–Crippen MR) is 62.4 cm³/mol. The number of nitrogens with two attached hydrogens (primary N) is 2. The highest BCUT2D eigenvalue weighted by atomic mass is 32.2. The molecule has 6 heteroatoms. The number of thioether (sulfide) groups is 1. The van der Waals surface area contributed by atoms with Gasteiger partial charge in [-0.2, -0.15) is 11.8 Å². The van der Waals surface area contributed by atoms with Crippen LogP contribution in [0, 0.1) is 0 Å². The Labute approximate surface area is 94.3 Å². The van der Waals surface area contributed by atoms with E-state index in [4.69, 9.17) is 11.5 Å². The molecular formula is C9H19N3O2S. The van der Waals surface area contributed by atoms with Crippen LogP contribution in [0.25, 0.3) is 0 Å². The average Bonchev–Trinajstić information content (AvgIpc) is 2.13. The standard InChI is InChI=1S/C9H19N3O2S/c1-6(3-4-15-2)12-9(14)7(10)5-8(11)13/h6-7H,3-5,10H2,1-2H3,(H2,11,13)(H,12,14). The van der Waals surface area contributed by atoms with Gasteiger partial charge in [0.05, 0.1) is 12.5 Å². The van der Waals surface area contributed by atoms with Crippen LogP contribution >= 0.6 is 11.8 Å².